The number of hydrogen-bond donors (Lipinski definition) is 2. The number of aromatic nitrogens is 1. The first-order chi connectivity index (χ1) is 9.10. The standard InChI is InChI=1S/C14H22N2O3S/c1-8-11(15-9(2)20-8)12(17)16-10(13(18)19)6-7-14(3,4)5/h10H,6-7H2,1-5H3,(H,16,17)(H,18,19). The van der Waals surface area contributed by atoms with Crippen LogP contribution in [-0.2, 0) is 4.79 Å². The molecule has 0 spiro atoms. The first-order valence-electron chi connectivity index (χ1n) is 6.58. The second-order valence-corrected chi connectivity index (χ2v) is 7.51. The Morgan fingerprint density at radius 3 is 2.35 bits per heavy atom. The average molecular weight is 298 g/mol. The number of carboxylic acids is 1. The van der Waals surface area contributed by atoms with E-state index < -0.39 is 17.9 Å². The van der Waals surface area contributed by atoms with Crippen molar-refractivity contribution in [1.82, 2.24) is 10.3 Å². The summed E-state index contributed by atoms with van der Waals surface area (Å²) in [5, 5.41) is 12.6. The lowest BCUT2D eigenvalue weighted by Crippen LogP contribution is -2.41. The van der Waals surface area contributed by atoms with Gasteiger partial charge >= 0.3 is 5.97 Å². The molecular weight excluding hydrogens is 276 g/mol. The van der Waals surface area contributed by atoms with Crippen molar-refractivity contribution in [3.63, 3.8) is 0 Å². The van der Waals surface area contributed by atoms with Crippen LogP contribution >= 0.6 is 11.3 Å². The van der Waals surface area contributed by atoms with E-state index in [0.29, 0.717) is 12.1 Å². The fourth-order valence-corrected chi connectivity index (χ4v) is 2.62. The molecule has 20 heavy (non-hydrogen) atoms. The lowest BCUT2D eigenvalue weighted by molar-refractivity contribution is -0.139. The molecule has 0 saturated carbocycles. The molecule has 112 valence electrons. The first kappa shape index (κ1) is 16.6. The Morgan fingerprint density at radius 1 is 1.35 bits per heavy atom. The van der Waals surface area contributed by atoms with Crippen LogP contribution in [0.4, 0.5) is 0 Å². The number of aliphatic carboxylic acids is 1. The van der Waals surface area contributed by atoms with E-state index in [1.54, 1.807) is 0 Å². The number of nitrogens with zero attached hydrogens (tertiary/aromatic N) is 1. The minimum Gasteiger partial charge on any atom is -0.480 e. The van der Waals surface area contributed by atoms with E-state index in [1.165, 1.54) is 11.3 Å². The van der Waals surface area contributed by atoms with E-state index in [2.05, 4.69) is 10.3 Å². The minimum atomic E-state index is -1.01. The highest BCUT2D eigenvalue weighted by atomic mass is 32.1. The summed E-state index contributed by atoms with van der Waals surface area (Å²) in [5.74, 6) is -1.42. The van der Waals surface area contributed by atoms with Gasteiger partial charge in [-0.15, -0.1) is 11.3 Å². The summed E-state index contributed by atoms with van der Waals surface area (Å²) in [6.07, 6.45) is 1.13. The Bertz CT molecular complexity index is 503. The van der Waals surface area contributed by atoms with Crippen molar-refractivity contribution in [1.29, 1.82) is 0 Å². The maximum Gasteiger partial charge on any atom is 0.326 e. The third-order valence-corrected chi connectivity index (χ3v) is 3.79. The molecular formula is C14H22N2O3S. The van der Waals surface area contributed by atoms with Gasteiger partial charge < -0.3 is 10.4 Å². The van der Waals surface area contributed by atoms with Gasteiger partial charge in [-0.05, 0) is 32.1 Å². The zero-order valence-electron chi connectivity index (χ0n) is 12.6. The lowest BCUT2D eigenvalue weighted by Gasteiger charge is -2.21. The Balaban J connectivity index is 2.73. The van der Waals surface area contributed by atoms with Crippen molar-refractivity contribution in [3.8, 4) is 0 Å². The molecule has 0 bridgehead atoms. The zero-order valence-corrected chi connectivity index (χ0v) is 13.4. The van der Waals surface area contributed by atoms with Gasteiger partial charge in [0.15, 0.2) is 0 Å². The zero-order chi connectivity index (χ0) is 15.5. The van der Waals surface area contributed by atoms with Crippen molar-refractivity contribution in [2.24, 2.45) is 5.41 Å². The summed E-state index contributed by atoms with van der Waals surface area (Å²) >= 11 is 1.43. The topological polar surface area (TPSA) is 79.3 Å². The van der Waals surface area contributed by atoms with Crippen LogP contribution < -0.4 is 5.32 Å². The molecule has 6 heteroatoms. The molecule has 1 atom stereocenters. The number of amides is 1. The van der Waals surface area contributed by atoms with Gasteiger partial charge in [-0.2, -0.15) is 0 Å². The summed E-state index contributed by atoms with van der Waals surface area (Å²) in [6.45, 7) is 9.76. The van der Waals surface area contributed by atoms with E-state index in [1.807, 2.05) is 34.6 Å². The van der Waals surface area contributed by atoms with E-state index >= 15 is 0 Å². The fraction of sp³-hybridized carbons (Fsp3) is 0.643. The third-order valence-electron chi connectivity index (χ3n) is 2.91. The Morgan fingerprint density at radius 2 is 1.95 bits per heavy atom. The van der Waals surface area contributed by atoms with Crippen molar-refractivity contribution < 1.29 is 14.7 Å². The molecule has 5 nitrogen and oxygen atoms in total. The molecule has 1 heterocycles. The molecule has 1 amide bonds. The summed E-state index contributed by atoms with van der Waals surface area (Å²) < 4.78 is 0. The highest BCUT2D eigenvalue weighted by Crippen LogP contribution is 2.22. The fourth-order valence-electron chi connectivity index (χ4n) is 1.80. The molecule has 0 radical (unpaired) electrons. The number of thiazole rings is 1. The number of carbonyl (C=O) groups excluding carboxylic acids is 1. The molecule has 0 aliphatic rings. The summed E-state index contributed by atoms with van der Waals surface area (Å²) in [6, 6.07) is -0.872. The molecule has 1 unspecified atom stereocenters. The average Bonchev–Trinajstić information content (AvgIpc) is 2.61. The van der Waals surface area contributed by atoms with E-state index in [9.17, 15) is 14.7 Å². The predicted molar refractivity (Wildman–Crippen MR) is 79.2 cm³/mol. The molecule has 0 saturated heterocycles. The van der Waals surface area contributed by atoms with Crippen LogP contribution in [0.25, 0.3) is 0 Å². The van der Waals surface area contributed by atoms with Crippen molar-refractivity contribution in [3.05, 3.63) is 15.6 Å². The summed E-state index contributed by atoms with van der Waals surface area (Å²) in [5.41, 5.74) is 0.362. The molecule has 1 rings (SSSR count). The number of rotatable bonds is 5. The number of nitrogens with one attached hydrogen (secondary N) is 1. The van der Waals surface area contributed by atoms with Crippen molar-refractivity contribution >= 4 is 23.2 Å². The van der Waals surface area contributed by atoms with E-state index in [4.69, 9.17) is 0 Å². The Kier molecular flexibility index (Phi) is 5.28. The van der Waals surface area contributed by atoms with Crippen molar-refractivity contribution in [2.75, 3.05) is 0 Å². The van der Waals surface area contributed by atoms with Crippen LogP contribution in [0, 0.1) is 19.3 Å². The minimum absolute atomic E-state index is 0.0333. The second-order valence-electron chi connectivity index (χ2n) is 6.10. The van der Waals surface area contributed by atoms with Gasteiger partial charge in [-0.1, -0.05) is 20.8 Å². The van der Waals surface area contributed by atoms with E-state index in [0.717, 1.165) is 16.3 Å². The molecule has 1 aromatic rings. The van der Waals surface area contributed by atoms with Gasteiger partial charge in [-0.25, -0.2) is 9.78 Å². The number of hydrogen-bond acceptors (Lipinski definition) is 4. The van der Waals surface area contributed by atoms with Crippen molar-refractivity contribution in [2.45, 2.75) is 53.5 Å². The van der Waals surface area contributed by atoms with Gasteiger partial charge in [0.1, 0.15) is 11.7 Å². The van der Waals surface area contributed by atoms with Gasteiger partial charge in [0.25, 0.3) is 5.91 Å². The highest BCUT2D eigenvalue weighted by Gasteiger charge is 2.24. The first-order valence-corrected chi connectivity index (χ1v) is 7.39. The maximum atomic E-state index is 12.1. The molecule has 0 aliphatic heterocycles. The van der Waals surface area contributed by atoms with Crippen LogP contribution in [0.15, 0.2) is 0 Å². The molecule has 0 aliphatic carbocycles. The van der Waals surface area contributed by atoms with Crippen LogP contribution in [0.5, 0.6) is 0 Å². The molecule has 2 N–H and O–H groups in total. The van der Waals surface area contributed by atoms with Crippen LogP contribution in [-0.4, -0.2) is 28.0 Å². The quantitative estimate of drug-likeness (QED) is 0.876. The summed E-state index contributed by atoms with van der Waals surface area (Å²) in [7, 11) is 0. The van der Waals surface area contributed by atoms with Gasteiger partial charge in [0.2, 0.25) is 0 Å². The molecule has 1 aromatic heterocycles. The Labute approximate surface area is 123 Å². The van der Waals surface area contributed by atoms with Crippen LogP contribution in [0.2, 0.25) is 0 Å². The number of carbonyl (C=O) groups is 2. The van der Waals surface area contributed by atoms with Gasteiger partial charge in [-0.3, -0.25) is 4.79 Å². The van der Waals surface area contributed by atoms with Gasteiger partial charge in [0, 0.05) is 4.88 Å². The second kappa shape index (κ2) is 6.35. The number of carboxylic acid groups (broad SMARTS) is 1. The maximum absolute atomic E-state index is 12.1. The lowest BCUT2D eigenvalue weighted by atomic mass is 9.88. The Hall–Kier alpha value is -1.43. The monoisotopic (exact) mass is 298 g/mol. The molecule has 0 fully saturated rings. The normalized spacial score (nSPS) is 13.1. The summed E-state index contributed by atoms with van der Waals surface area (Å²) in [4.78, 5) is 28.3. The third kappa shape index (κ3) is 4.92. The van der Waals surface area contributed by atoms with Crippen LogP contribution in [0.1, 0.15) is 54.0 Å². The largest absolute Gasteiger partial charge is 0.480 e. The van der Waals surface area contributed by atoms with Crippen LogP contribution in [0.3, 0.4) is 0 Å². The predicted octanol–water partition coefficient (Wildman–Crippen LogP) is 2.77. The SMILES string of the molecule is Cc1nc(C(=O)NC(CCC(C)(C)C)C(=O)O)c(C)s1. The molecule has 0 aromatic carbocycles. The van der Waals surface area contributed by atoms with E-state index in [-0.39, 0.29) is 5.41 Å². The highest BCUT2D eigenvalue weighted by molar-refractivity contribution is 7.11. The smallest absolute Gasteiger partial charge is 0.326 e. The van der Waals surface area contributed by atoms with Gasteiger partial charge in [0.05, 0.1) is 5.01 Å². The number of aryl methyl sites for hydroxylation is 2.